The minimum Gasteiger partial charge on any atom is -0.469 e. The minimum absolute atomic E-state index is 0.232. The fourth-order valence-electron chi connectivity index (χ4n) is 2.09. The number of carbonyl (C=O) groups excluding carboxylic acids is 1. The number of fused-ring (bicyclic) bond motifs is 1. The molecule has 0 spiro atoms. The van der Waals surface area contributed by atoms with Gasteiger partial charge < -0.3 is 9.73 Å². The maximum Gasteiger partial charge on any atom is 0.262 e. The lowest BCUT2D eigenvalue weighted by atomic mass is 10.2. The molecule has 2 heterocycles. The van der Waals surface area contributed by atoms with Gasteiger partial charge in [-0.25, -0.2) is 0 Å². The molecule has 114 valence electrons. The molecular weight excluding hydrogens is 365 g/mol. The van der Waals surface area contributed by atoms with E-state index >= 15 is 0 Å². The Hall–Kier alpha value is -1.20. The van der Waals surface area contributed by atoms with Gasteiger partial charge in [0.1, 0.15) is 10.6 Å². The molecule has 0 bridgehead atoms. The van der Waals surface area contributed by atoms with E-state index in [-0.39, 0.29) is 5.91 Å². The Balaban J connectivity index is 1.79. The Labute approximate surface area is 145 Å². The number of hydrogen-bond donors (Lipinski definition) is 1. The average molecular weight is 375 g/mol. The van der Waals surface area contributed by atoms with E-state index in [1.54, 1.807) is 18.4 Å². The van der Waals surface area contributed by atoms with Gasteiger partial charge in [0.25, 0.3) is 5.91 Å². The summed E-state index contributed by atoms with van der Waals surface area (Å²) in [6.07, 6.45) is 2.22. The second-order valence-corrected chi connectivity index (χ2v) is 6.86. The van der Waals surface area contributed by atoms with Crippen LogP contribution in [-0.2, 0) is 6.42 Å². The molecule has 1 aromatic carbocycles. The summed E-state index contributed by atoms with van der Waals surface area (Å²) in [7, 11) is 0. The number of thiophene rings is 1. The molecule has 0 saturated heterocycles. The van der Waals surface area contributed by atoms with Crippen LogP contribution in [0.15, 0.2) is 34.9 Å². The summed E-state index contributed by atoms with van der Waals surface area (Å²) in [6, 6.07) is 7.04. The van der Waals surface area contributed by atoms with Gasteiger partial charge in [0.15, 0.2) is 0 Å². The van der Waals surface area contributed by atoms with E-state index in [4.69, 9.17) is 39.2 Å². The van der Waals surface area contributed by atoms with Crippen molar-refractivity contribution in [2.24, 2.45) is 0 Å². The minimum atomic E-state index is -0.232. The highest BCUT2D eigenvalue weighted by Crippen LogP contribution is 2.41. The van der Waals surface area contributed by atoms with Gasteiger partial charge in [0, 0.05) is 28.1 Å². The molecule has 7 heteroatoms. The van der Waals surface area contributed by atoms with Gasteiger partial charge in [0.05, 0.1) is 16.3 Å². The number of halogens is 3. The molecule has 0 aliphatic rings. The number of furan rings is 1. The molecule has 3 aromatic rings. The molecule has 0 fully saturated rings. The Bertz CT molecular complexity index is 827. The van der Waals surface area contributed by atoms with Crippen LogP contribution >= 0.6 is 46.1 Å². The van der Waals surface area contributed by atoms with E-state index in [2.05, 4.69) is 5.32 Å². The first kappa shape index (κ1) is 15.7. The van der Waals surface area contributed by atoms with Crippen molar-refractivity contribution < 1.29 is 9.21 Å². The zero-order valence-electron chi connectivity index (χ0n) is 11.2. The summed E-state index contributed by atoms with van der Waals surface area (Å²) in [5.41, 5.74) is 0. The normalized spacial score (nSPS) is 11.0. The highest BCUT2D eigenvalue weighted by Gasteiger charge is 2.19. The standard InChI is InChI=1S/C15H10Cl3NO2S/c16-8-6-10(17)12-11(7-8)22-14(13(12)18)15(20)19-4-3-9-2-1-5-21-9/h1-2,5-7H,3-4H2,(H,19,20). The fraction of sp³-hybridized carbons (Fsp3) is 0.133. The van der Waals surface area contributed by atoms with Crippen LogP contribution in [0, 0.1) is 0 Å². The van der Waals surface area contributed by atoms with Crippen molar-refractivity contribution in [1.29, 1.82) is 0 Å². The first-order valence-corrected chi connectivity index (χ1v) is 8.39. The lowest BCUT2D eigenvalue weighted by Gasteiger charge is -2.02. The predicted molar refractivity (Wildman–Crippen MR) is 91.6 cm³/mol. The monoisotopic (exact) mass is 373 g/mol. The van der Waals surface area contributed by atoms with Gasteiger partial charge >= 0.3 is 0 Å². The number of hydrogen-bond acceptors (Lipinski definition) is 3. The average Bonchev–Trinajstić information content (AvgIpc) is 3.06. The molecule has 0 aliphatic carbocycles. The van der Waals surface area contributed by atoms with Gasteiger partial charge in [-0.05, 0) is 24.3 Å². The van der Waals surface area contributed by atoms with Crippen molar-refractivity contribution in [2.45, 2.75) is 6.42 Å². The number of carbonyl (C=O) groups is 1. The Morgan fingerprint density at radius 2 is 2.09 bits per heavy atom. The van der Waals surface area contributed by atoms with Crippen molar-refractivity contribution in [3.8, 4) is 0 Å². The van der Waals surface area contributed by atoms with Crippen molar-refractivity contribution >= 4 is 62.1 Å². The summed E-state index contributed by atoms with van der Waals surface area (Å²) >= 11 is 19.7. The van der Waals surface area contributed by atoms with Gasteiger partial charge in [-0.1, -0.05) is 34.8 Å². The van der Waals surface area contributed by atoms with Crippen molar-refractivity contribution in [1.82, 2.24) is 5.32 Å². The second kappa shape index (κ2) is 6.50. The zero-order valence-corrected chi connectivity index (χ0v) is 14.2. The predicted octanol–water partition coefficient (Wildman–Crippen LogP) is 5.43. The number of benzene rings is 1. The molecule has 22 heavy (non-hydrogen) atoms. The number of amides is 1. The maximum absolute atomic E-state index is 12.3. The Kier molecular flexibility index (Phi) is 4.64. The molecule has 0 radical (unpaired) electrons. The molecular formula is C15H10Cl3NO2S. The van der Waals surface area contributed by atoms with Gasteiger partial charge in [-0.15, -0.1) is 11.3 Å². The van der Waals surface area contributed by atoms with Gasteiger partial charge in [-0.3, -0.25) is 4.79 Å². The molecule has 0 saturated carbocycles. The topological polar surface area (TPSA) is 42.2 Å². The summed E-state index contributed by atoms with van der Waals surface area (Å²) in [4.78, 5) is 12.7. The molecule has 1 N–H and O–H groups in total. The van der Waals surface area contributed by atoms with E-state index in [1.807, 2.05) is 12.1 Å². The van der Waals surface area contributed by atoms with E-state index < -0.39 is 0 Å². The lowest BCUT2D eigenvalue weighted by Crippen LogP contribution is -2.25. The van der Waals surface area contributed by atoms with Crippen LogP contribution < -0.4 is 5.32 Å². The highest BCUT2D eigenvalue weighted by molar-refractivity contribution is 7.21. The van der Waals surface area contributed by atoms with Crippen molar-refractivity contribution in [3.63, 3.8) is 0 Å². The summed E-state index contributed by atoms with van der Waals surface area (Å²) in [5, 5.41) is 4.80. The van der Waals surface area contributed by atoms with E-state index in [0.717, 1.165) is 10.5 Å². The molecule has 0 unspecified atom stereocenters. The van der Waals surface area contributed by atoms with Gasteiger partial charge in [-0.2, -0.15) is 0 Å². The first-order chi connectivity index (χ1) is 10.6. The fourth-order valence-corrected chi connectivity index (χ4v) is 4.39. The van der Waals surface area contributed by atoms with Gasteiger partial charge in [0.2, 0.25) is 0 Å². The number of rotatable bonds is 4. The van der Waals surface area contributed by atoms with Crippen molar-refractivity contribution in [3.05, 3.63) is 56.2 Å². The third-order valence-electron chi connectivity index (χ3n) is 3.09. The van der Waals surface area contributed by atoms with Crippen LogP contribution in [0.5, 0.6) is 0 Å². The molecule has 3 rings (SSSR count). The van der Waals surface area contributed by atoms with Crippen LogP contribution in [0.3, 0.4) is 0 Å². The Morgan fingerprint density at radius 1 is 1.27 bits per heavy atom. The van der Waals surface area contributed by atoms with Crippen LogP contribution in [0.2, 0.25) is 15.1 Å². The van der Waals surface area contributed by atoms with Crippen LogP contribution in [-0.4, -0.2) is 12.5 Å². The second-order valence-electron chi connectivity index (χ2n) is 4.59. The smallest absolute Gasteiger partial charge is 0.262 e. The largest absolute Gasteiger partial charge is 0.469 e. The van der Waals surface area contributed by atoms with E-state index in [1.165, 1.54) is 11.3 Å². The summed E-state index contributed by atoms with van der Waals surface area (Å²) < 4.78 is 6.01. The zero-order chi connectivity index (χ0) is 15.7. The SMILES string of the molecule is O=C(NCCc1ccco1)c1sc2cc(Cl)cc(Cl)c2c1Cl. The molecule has 0 aliphatic heterocycles. The van der Waals surface area contributed by atoms with Crippen LogP contribution in [0.4, 0.5) is 0 Å². The molecule has 3 nitrogen and oxygen atoms in total. The molecule has 2 aromatic heterocycles. The summed E-state index contributed by atoms with van der Waals surface area (Å²) in [6.45, 7) is 0.464. The Morgan fingerprint density at radius 3 is 2.82 bits per heavy atom. The van der Waals surface area contributed by atoms with Crippen LogP contribution in [0.25, 0.3) is 10.1 Å². The van der Waals surface area contributed by atoms with E-state index in [0.29, 0.717) is 38.3 Å². The quantitative estimate of drug-likeness (QED) is 0.662. The maximum atomic E-state index is 12.3. The third-order valence-corrected chi connectivity index (χ3v) is 5.23. The van der Waals surface area contributed by atoms with Crippen LogP contribution in [0.1, 0.15) is 15.4 Å². The number of nitrogens with one attached hydrogen (secondary N) is 1. The van der Waals surface area contributed by atoms with Crippen molar-refractivity contribution in [2.75, 3.05) is 6.54 Å². The summed E-state index contributed by atoms with van der Waals surface area (Å²) in [5.74, 6) is 0.586. The molecule has 0 atom stereocenters. The first-order valence-electron chi connectivity index (χ1n) is 6.44. The molecule has 1 amide bonds. The lowest BCUT2D eigenvalue weighted by molar-refractivity contribution is 0.0958. The highest BCUT2D eigenvalue weighted by atomic mass is 35.5. The van der Waals surface area contributed by atoms with E-state index in [9.17, 15) is 4.79 Å². The third kappa shape index (κ3) is 3.10.